The van der Waals surface area contributed by atoms with Gasteiger partial charge in [0.2, 0.25) is 0 Å². The van der Waals surface area contributed by atoms with Crippen molar-refractivity contribution in [2.45, 2.75) is 46.0 Å². The fourth-order valence-corrected chi connectivity index (χ4v) is 3.23. The van der Waals surface area contributed by atoms with Gasteiger partial charge in [-0.3, -0.25) is 0 Å². The Morgan fingerprint density at radius 3 is 2.69 bits per heavy atom. The smallest absolute Gasteiger partial charge is 0.0411 e. The molecule has 0 spiro atoms. The van der Waals surface area contributed by atoms with Crippen LogP contribution in [0.4, 0.5) is 0 Å². The fraction of sp³-hybridized carbons (Fsp3) is 0.600. The monoisotopic (exact) mass is 236 g/mol. The van der Waals surface area contributed by atoms with Crippen LogP contribution in [0.1, 0.15) is 43.7 Å². The van der Waals surface area contributed by atoms with Gasteiger partial charge in [0.15, 0.2) is 0 Å². The number of halogens is 1. The van der Waals surface area contributed by atoms with Crippen LogP contribution >= 0.6 is 11.6 Å². The average molecular weight is 237 g/mol. The summed E-state index contributed by atoms with van der Waals surface area (Å²) in [5.41, 5.74) is 2.69. The molecule has 1 aliphatic rings. The van der Waals surface area contributed by atoms with Crippen LogP contribution in [0.2, 0.25) is 5.02 Å². The Labute approximate surface area is 104 Å². The second kappa shape index (κ2) is 5.23. The van der Waals surface area contributed by atoms with Gasteiger partial charge in [-0.15, -0.1) is 0 Å². The highest BCUT2D eigenvalue weighted by Crippen LogP contribution is 2.33. The molecule has 2 unspecified atom stereocenters. The van der Waals surface area contributed by atoms with E-state index < -0.39 is 0 Å². The molecule has 1 aromatic carbocycles. The van der Waals surface area contributed by atoms with Crippen LogP contribution in [0, 0.1) is 18.8 Å². The Hall–Kier alpha value is -0.490. The van der Waals surface area contributed by atoms with E-state index in [0.717, 1.165) is 16.9 Å². The summed E-state index contributed by atoms with van der Waals surface area (Å²) in [4.78, 5) is 0. The van der Waals surface area contributed by atoms with Crippen LogP contribution in [-0.4, -0.2) is 0 Å². The molecule has 0 radical (unpaired) electrons. The normalized spacial score (nSPS) is 24.9. The van der Waals surface area contributed by atoms with Gasteiger partial charge in [0.25, 0.3) is 0 Å². The van der Waals surface area contributed by atoms with Crippen molar-refractivity contribution in [3.8, 4) is 0 Å². The Kier molecular flexibility index (Phi) is 3.91. The van der Waals surface area contributed by atoms with Crippen LogP contribution < -0.4 is 0 Å². The molecule has 0 amide bonds. The standard InChI is InChI=1S/C15H21Cl/c1-11-3-4-13(7-11)5-6-14-8-12(2)9-15(16)10-14/h8-11,13H,3-7H2,1-2H3. The minimum absolute atomic E-state index is 0.884. The minimum atomic E-state index is 0.884. The van der Waals surface area contributed by atoms with Gasteiger partial charge in [0.1, 0.15) is 0 Å². The van der Waals surface area contributed by atoms with E-state index in [9.17, 15) is 0 Å². The lowest BCUT2D eigenvalue weighted by molar-refractivity contribution is 0.480. The molecular weight excluding hydrogens is 216 g/mol. The predicted molar refractivity (Wildman–Crippen MR) is 71.0 cm³/mol. The molecule has 1 aromatic rings. The van der Waals surface area contributed by atoms with Gasteiger partial charge in [0.05, 0.1) is 0 Å². The number of benzene rings is 1. The lowest BCUT2D eigenvalue weighted by atomic mass is 9.96. The molecule has 1 fully saturated rings. The maximum Gasteiger partial charge on any atom is 0.0411 e. The Morgan fingerprint density at radius 2 is 2.06 bits per heavy atom. The highest BCUT2D eigenvalue weighted by molar-refractivity contribution is 6.30. The fourth-order valence-electron chi connectivity index (χ4n) is 2.91. The molecule has 1 aliphatic carbocycles. The predicted octanol–water partition coefficient (Wildman–Crippen LogP) is 5.02. The molecule has 0 heterocycles. The SMILES string of the molecule is Cc1cc(Cl)cc(CCC2CCC(C)C2)c1. The Morgan fingerprint density at radius 1 is 1.25 bits per heavy atom. The van der Waals surface area contributed by atoms with E-state index in [0.29, 0.717) is 0 Å². The van der Waals surface area contributed by atoms with Gasteiger partial charge in [-0.25, -0.2) is 0 Å². The number of hydrogen-bond donors (Lipinski definition) is 0. The van der Waals surface area contributed by atoms with E-state index in [1.807, 2.05) is 6.07 Å². The summed E-state index contributed by atoms with van der Waals surface area (Å²) in [6.45, 7) is 4.50. The summed E-state index contributed by atoms with van der Waals surface area (Å²) < 4.78 is 0. The molecule has 1 saturated carbocycles. The molecule has 0 bridgehead atoms. The first kappa shape index (κ1) is 12.0. The van der Waals surface area contributed by atoms with E-state index in [4.69, 9.17) is 11.6 Å². The van der Waals surface area contributed by atoms with Crippen molar-refractivity contribution < 1.29 is 0 Å². The minimum Gasteiger partial charge on any atom is -0.0843 e. The summed E-state index contributed by atoms with van der Waals surface area (Å²) in [6, 6.07) is 6.42. The summed E-state index contributed by atoms with van der Waals surface area (Å²) in [6.07, 6.45) is 6.82. The molecule has 2 rings (SSSR count). The third kappa shape index (κ3) is 3.25. The number of rotatable bonds is 3. The molecule has 0 saturated heterocycles. The molecule has 2 atom stereocenters. The van der Waals surface area contributed by atoms with Crippen LogP contribution in [0.3, 0.4) is 0 Å². The molecule has 16 heavy (non-hydrogen) atoms. The van der Waals surface area contributed by atoms with Crippen molar-refractivity contribution in [2.75, 3.05) is 0 Å². The lowest BCUT2D eigenvalue weighted by Crippen LogP contribution is -1.97. The summed E-state index contributed by atoms with van der Waals surface area (Å²) in [7, 11) is 0. The van der Waals surface area contributed by atoms with Crippen LogP contribution in [0.15, 0.2) is 18.2 Å². The van der Waals surface area contributed by atoms with Gasteiger partial charge < -0.3 is 0 Å². The number of hydrogen-bond acceptors (Lipinski definition) is 0. The highest BCUT2D eigenvalue weighted by atomic mass is 35.5. The first-order valence-electron chi connectivity index (χ1n) is 6.39. The average Bonchev–Trinajstić information content (AvgIpc) is 2.60. The molecule has 0 aliphatic heterocycles. The van der Waals surface area contributed by atoms with Crippen molar-refractivity contribution in [2.24, 2.45) is 11.8 Å². The summed E-state index contributed by atoms with van der Waals surface area (Å²) in [5, 5.41) is 0.884. The second-order valence-corrected chi connectivity index (χ2v) is 5.90. The molecular formula is C15H21Cl. The Balaban J connectivity index is 1.89. The van der Waals surface area contributed by atoms with Crippen molar-refractivity contribution in [3.63, 3.8) is 0 Å². The molecule has 1 heteroatoms. The molecule has 0 nitrogen and oxygen atoms in total. The van der Waals surface area contributed by atoms with Gasteiger partial charge in [-0.05, 0) is 61.3 Å². The molecule has 88 valence electrons. The topological polar surface area (TPSA) is 0 Å². The molecule has 0 N–H and O–H groups in total. The third-order valence-corrected chi connectivity index (χ3v) is 3.96. The summed E-state index contributed by atoms with van der Waals surface area (Å²) in [5.74, 6) is 1.90. The number of aryl methyl sites for hydroxylation is 2. The lowest BCUT2D eigenvalue weighted by Gasteiger charge is -2.10. The van der Waals surface area contributed by atoms with Crippen molar-refractivity contribution in [1.82, 2.24) is 0 Å². The zero-order chi connectivity index (χ0) is 11.5. The second-order valence-electron chi connectivity index (χ2n) is 5.46. The zero-order valence-electron chi connectivity index (χ0n) is 10.3. The first-order chi connectivity index (χ1) is 7.63. The van der Waals surface area contributed by atoms with Crippen LogP contribution in [-0.2, 0) is 6.42 Å². The quantitative estimate of drug-likeness (QED) is 0.692. The van der Waals surface area contributed by atoms with Crippen molar-refractivity contribution in [1.29, 1.82) is 0 Å². The molecule has 0 aromatic heterocycles. The maximum atomic E-state index is 6.07. The van der Waals surface area contributed by atoms with Gasteiger partial charge in [-0.2, -0.15) is 0 Å². The summed E-state index contributed by atoms with van der Waals surface area (Å²) >= 11 is 6.07. The Bertz CT molecular complexity index is 336. The van der Waals surface area contributed by atoms with Gasteiger partial charge in [0, 0.05) is 5.02 Å². The van der Waals surface area contributed by atoms with Crippen LogP contribution in [0.25, 0.3) is 0 Å². The van der Waals surface area contributed by atoms with Gasteiger partial charge >= 0.3 is 0 Å². The van der Waals surface area contributed by atoms with Crippen molar-refractivity contribution in [3.05, 3.63) is 34.3 Å². The first-order valence-corrected chi connectivity index (χ1v) is 6.77. The maximum absolute atomic E-state index is 6.07. The third-order valence-electron chi connectivity index (χ3n) is 3.75. The van der Waals surface area contributed by atoms with Crippen LogP contribution in [0.5, 0.6) is 0 Å². The van der Waals surface area contributed by atoms with E-state index in [2.05, 4.69) is 26.0 Å². The zero-order valence-corrected chi connectivity index (χ0v) is 11.1. The van der Waals surface area contributed by atoms with E-state index in [1.165, 1.54) is 43.2 Å². The van der Waals surface area contributed by atoms with E-state index in [-0.39, 0.29) is 0 Å². The van der Waals surface area contributed by atoms with E-state index in [1.54, 1.807) is 0 Å². The van der Waals surface area contributed by atoms with Gasteiger partial charge in [-0.1, -0.05) is 37.4 Å². The highest BCUT2D eigenvalue weighted by Gasteiger charge is 2.20. The van der Waals surface area contributed by atoms with Crippen molar-refractivity contribution >= 4 is 11.6 Å². The largest absolute Gasteiger partial charge is 0.0843 e. The van der Waals surface area contributed by atoms with E-state index >= 15 is 0 Å².